The molecule has 5 nitrogen and oxygen atoms in total. The maximum Gasteiger partial charge on any atom is 0.323 e. The van der Waals surface area contributed by atoms with E-state index in [0.29, 0.717) is 12.3 Å². The summed E-state index contributed by atoms with van der Waals surface area (Å²) in [4.78, 5) is 22.8. The van der Waals surface area contributed by atoms with E-state index in [1.54, 1.807) is 10.8 Å². The minimum absolute atomic E-state index is 0.0259. The number of aromatic nitrogens is 1. The summed E-state index contributed by atoms with van der Waals surface area (Å²) in [7, 11) is 0. The van der Waals surface area contributed by atoms with Gasteiger partial charge in [0.25, 0.3) is 0 Å². The molecule has 0 aliphatic heterocycles. The highest BCUT2D eigenvalue weighted by Crippen LogP contribution is 2.21. The molecule has 1 amide bonds. The lowest BCUT2D eigenvalue weighted by Gasteiger charge is -2.12. The highest BCUT2D eigenvalue weighted by Gasteiger charge is 2.11. The van der Waals surface area contributed by atoms with Crippen molar-refractivity contribution in [3.8, 4) is 0 Å². The summed E-state index contributed by atoms with van der Waals surface area (Å²) in [5.41, 5.74) is 1.59. The Balaban J connectivity index is 2.10. The molecule has 0 saturated heterocycles. The van der Waals surface area contributed by atoms with Gasteiger partial charge in [0.1, 0.15) is 6.54 Å². The van der Waals surface area contributed by atoms with Crippen molar-refractivity contribution >= 4 is 28.5 Å². The molecule has 0 aliphatic rings. The minimum atomic E-state index is -0.875. The third-order valence-corrected chi connectivity index (χ3v) is 3.99. The van der Waals surface area contributed by atoms with Crippen LogP contribution in [0.25, 0.3) is 10.9 Å². The number of carbonyl (C=O) groups is 2. The second-order valence-electron chi connectivity index (χ2n) is 5.55. The molecule has 0 fully saturated rings. The number of nitrogens with zero attached hydrogens (tertiary/aromatic N) is 1. The maximum atomic E-state index is 12.0. The first kappa shape index (κ1) is 16.1. The molecule has 2 N–H and O–H groups in total. The first-order valence-corrected chi connectivity index (χ1v) is 7.64. The average molecular weight is 302 g/mol. The van der Waals surface area contributed by atoms with Gasteiger partial charge in [0.05, 0.1) is 0 Å². The van der Waals surface area contributed by atoms with Crippen molar-refractivity contribution in [1.29, 1.82) is 0 Å². The van der Waals surface area contributed by atoms with Gasteiger partial charge in [-0.15, -0.1) is 0 Å². The summed E-state index contributed by atoms with van der Waals surface area (Å²) in [6.07, 6.45) is 4.28. The lowest BCUT2D eigenvalue weighted by Crippen LogP contribution is -2.15. The van der Waals surface area contributed by atoms with Crippen molar-refractivity contribution in [2.75, 3.05) is 5.32 Å². The van der Waals surface area contributed by atoms with Gasteiger partial charge in [-0.05, 0) is 30.2 Å². The van der Waals surface area contributed by atoms with Gasteiger partial charge in [-0.2, -0.15) is 0 Å². The molecule has 0 spiro atoms. The molecular weight excluding hydrogens is 280 g/mol. The predicted octanol–water partition coefficient (Wildman–Crippen LogP) is 3.49. The van der Waals surface area contributed by atoms with Crippen LogP contribution in [0.3, 0.4) is 0 Å². The van der Waals surface area contributed by atoms with E-state index in [2.05, 4.69) is 19.2 Å². The van der Waals surface area contributed by atoms with Gasteiger partial charge in [-0.25, -0.2) is 0 Å². The van der Waals surface area contributed by atoms with Crippen LogP contribution in [-0.2, 0) is 16.1 Å². The predicted molar refractivity (Wildman–Crippen MR) is 86.9 cm³/mol. The molecule has 0 unspecified atom stereocenters. The first-order chi connectivity index (χ1) is 10.5. The van der Waals surface area contributed by atoms with Crippen molar-refractivity contribution in [2.24, 2.45) is 5.92 Å². The summed E-state index contributed by atoms with van der Waals surface area (Å²) >= 11 is 0. The molecule has 0 saturated carbocycles. The van der Waals surface area contributed by atoms with Gasteiger partial charge in [0.2, 0.25) is 5.91 Å². The molecular formula is C17H22N2O3. The number of carbonyl (C=O) groups excluding carboxylic acids is 1. The third-order valence-electron chi connectivity index (χ3n) is 3.99. The number of nitrogens with one attached hydrogen (secondary N) is 1. The van der Waals surface area contributed by atoms with Crippen LogP contribution in [0, 0.1) is 5.92 Å². The third kappa shape index (κ3) is 3.87. The van der Waals surface area contributed by atoms with Crippen molar-refractivity contribution in [2.45, 2.75) is 39.7 Å². The average Bonchev–Trinajstić information content (AvgIpc) is 2.86. The smallest absolute Gasteiger partial charge is 0.323 e. The summed E-state index contributed by atoms with van der Waals surface area (Å²) in [6, 6.07) is 7.38. The van der Waals surface area contributed by atoms with Gasteiger partial charge in [0.15, 0.2) is 0 Å². The van der Waals surface area contributed by atoms with Crippen LogP contribution >= 0.6 is 0 Å². The van der Waals surface area contributed by atoms with Crippen LogP contribution in [0.2, 0.25) is 0 Å². The van der Waals surface area contributed by atoms with E-state index in [-0.39, 0.29) is 12.5 Å². The number of anilines is 1. The highest BCUT2D eigenvalue weighted by molar-refractivity contribution is 5.94. The number of fused-ring (bicyclic) bond motifs is 1. The molecule has 22 heavy (non-hydrogen) atoms. The van der Waals surface area contributed by atoms with Gasteiger partial charge in [-0.3, -0.25) is 9.59 Å². The maximum absolute atomic E-state index is 12.0. The van der Waals surface area contributed by atoms with E-state index in [1.807, 2.05) is 24.3 Å². The molecule has 0 atom stereocenters. The lowest BCUT2D eigenvalue weighted by molar-refractivity contribution is -0.137. The SMILES string of the molecule is CCC(CC)CC(=O)Nc1ccc2c(ccn2CC(=O)O)c1. The van der Waals surface area contributed by atoms with E-state index in [1.165, 1.54) is 0 Å². The molecule has 118 valence electrons. The highest BCUT2D eigenvalue weighted by atomic mass is 16.4. The van der Waals surface area contributed by atoms with Gasteiger partial charge < -0.3 is 15.0 Å². The molecule has 2 rings (SSSR count). The summed E-state index contributed by atoms with van der Waals surface area (Å²) in [6.45, 7) is 4.13. The van der Waals surface area contributed by atoms with Crippen LogP contribution in [0.5, 0.6) is 0 Å². The second-order valence-corrected chi connectivity index (χ2v) is 5.55. The number of hydrogen-bond acceptors (Lipinski definition) is 2. The largest absolute Gasteiger partial charge is 0.480 e. The van der Waals surface area contributed by atoms with Crippen molar-refractivity contribution in [3.05, 3.63) is 30.5 Å². The molecule has 0 aliphatic carbocycles. The Bertz CT molecular complexity index is 672. The monoisotopic (exact) mass is 302 g/mol. The van der Waals surface area contributed by atoms with Gasteiger partial charge >= 0.3 is 5.97 Å². The standard InChI is InChI=1S/C17H22N2O3/c1-3-12(4-2)9-16(20)18-14-5-6-15-13(10-14)7-8-19(15)11-17(21)22/h5-8,10,12H,3-4,9,11H2,1-2H3,(H,18,20)(H,21,22). The molecule has 0 bridgehead atoms. The number of carboxylic acids is 1. The topological polar surface area (TPSA) is 71.3 Å². The normalized spacial score (nSPS) is 11.0. The number of benzene rings is 1. The van der Waals surface area contributed by atoms with E-state index < -0.39 is 5.97 Å². The quantitative estimate of drug-likeness (QED) is 0.822. The summed E-state index contributed by atoms with van der Waals surface area (Å²) < 4.78 is 1.67. The van der Waals surface area contributed by atoms with Crippen molar-refractivity contribution in [3.63, 3.8) is 0 Å². The zero-order valence-electron chi connectivity index (χ0n) is 13.0. The minimum Gasteiger partial charge on any atom is -0.480 e. The first-order valence-electron chi connectivity index (χ1n) is 7.64. The zero-order valence-corrected chi connectivity index (χ0v) is 13.0. The van der Waals surface area contributed by atoms with E-state index in [0.717, 1.165) is 29.4 Å². The van der Waals surface area contributed by atoms with Crippen LogP contribution < -0.4 is 5.32 Å². The van der Waals surface area contributed by atoms with Crippen LogP contribution in [0.1, 0.15) is 33.1 Å². The number of carboxylic acid groups (broad SMARTS) is 1. The van der Waals surface area contributed by atoms with E-state index in [4.69, 9.17) is 5.11 Å². The molecule has 0 radical (unpaired) electrons. The van der Waals surface area contributed by atoms with Crippen molar-refractivity contribution < 1.29 is 14.7 Å². The Labute approximate surface area is 129 Å². The van der Waals surface area contributed by atoms with E-state index in [9.17, 15) is 9.59 Å². The summed E-state index contributed by atoms with van der Waals surface area (Å²) in [5, 5.41) is 12.7. The fraction of sp³-hybridized carbons (Fsp3) is 0.412. The fourth-order valence-corrected chi connectivity index (χ4v) is 2.61. The van der Waals surface area contributed by atoms with Crippen LogP contribution in [0.4, 0.5) is 5.69 Å². The number of amides is 1. The Hall–Kier alpha value is -2.30. The number of rotatable bonds is 7. The number of hydrogen-bond donors (Lipinski definition) is 2. The van der Waals surface area contributed by atoms with Gasteiger partial charge in [-0.1, -0.05) is 26.7 Å². The molecule has 1 aromatic heterocycles. The zero-order chi connectivity index (χ0) is 16.1. The molecule has 1 aromatic carbocycles. The molecule has 5 heteroatoms. The van der Waals surface area contributed by atoms with E-state index >= 15 is 0 Å². The fourth-order valence-electron chi connectivity index (χ4n) is 2.61. The van der Waals surface area contributed by atoms with Crippen LogP contribution in [-0.4, -0.2) is 21.6 Å². The second kappa shape index (κ2) is 7.11. The van der Waals surface area contributed by atoms with Gasteiger partial charge in [0, 0.05) is 29.2 Å². The van der Waals surface area contributed by atoms with Crippen molar-refractivity contribution in [1.82, 2.24) is 4.57 Å². The number of aliphatic carboxylic acids is 1. The van der Waals surface area contributed by atoms with Crippen LogP contribution in [0.15, 0.2) is 30.5 Å². The Morgan fingerprint density at radius 1 is 1.23 bits per heavy atom. The summed E-state index contributed by atoms with van der Waals surface area (Å²) in [5.74, 6) is -0.432. The lowest BCUT2D eigenvalue weighted by atomic mass is 9.99. The Morgan fingerprint density at radius 3 is 2.59 bits per heavy atom. The molecule has 2 aromatic rings. The molecule has 1 heterocycles. The Kier molecular flexibility index (Phi) is 5.20. The Morgan fingerprint density at radius 2 is 1.95 bits per heavy atom.